The molecule has 1 heterocycles. The maximum Gasteiger partial charge on any atom is 0.253 e. The van der Waals surface area contributed by atoms with E-state index in [0.717, 1.165) is 17.5 Å². The second kappa shape index (κ2) is 4.41. The smallest absolute Gasteiger partial charge is 0.253 e. The predicted molar refractivity (Wildman–Crippen MR) is 65.0 cm³/mol. The van der Waals surface area contributed by atoms with Gasteiger partial charge in [-0.2, -0.15) is 0 Å². The van der Waals surface area contributed by atoms with Crippen LogP contribution < -0.4 is 11.1 Å². The second-order valence-electron chi connectivity index (χ2n) is 3.97. The summed E-state index contributed by atoms with van der Waals surface area (Å²) in [6.45, 7) is 0. The fourth-order valence-electron chi connectivity index (χ4n) is 1.64. The van der Waals surface area contributed by atoms with Crippen LogP contribution in [0.4, 0.5) is 10.1 Å². The summed E-state index contributed by atoms with van der Waals surface area (Å²) in [6.07, 6.45) is 1.38. The molecule has 0 radical (unpaired) electrons. The number of carbonyl (C=O) groups is 1. The lowest BCUT2D eigenvalue weighted by atomic mass is 10.1. The summed E-state index contributed by atoms with van der Waals surface area (Å²) in [5.74, 6) is -1.36. The summed E-state index contributed by atoms with van der Waals surface area (Å²) >= 11 is 0. The van der Waals surface area contributed by atoms with E-state index in [2.05, 4.69) is 5.32 Å². The number of rotatable bonds is 2. The molecule has 0 fully saturated rings. The van der Waals surface area contributed by atoms with Gasteiger partial charge in [0, 0.05) is 11.1 Å². The number of halogens is 1. The highest BCUT2D eigenvalue weighted by Crippen LogP contribution is 2.15. The van der Waals surface area contributed by atoms with E-state index in [-0.39, 0.29) is 17.0 Å². The van der Waals surface area contributed by atoms with E-state index >= 15 is 0 Å². The lowest BCUT2D eigenvalue weighted by molar-refractivity contribution is 0.0948. The molecule has 0 aromatic heterocycles. The first-order valence-electron chi connectivity index (χ1n) is 5.14. The first-order chi connectivity index (χ1) is 8.37. The number of nitrogen functional groups attached to an aromatic ring is 1. The fourth-order valence-corrected chi connectivity index (χ4v) is 2.87. The minimum atomic E-state index is -3.24. The van der Waals surface area contributed by atoms with E-state index in [0.29, 0.717) is 0 Å². The molecule has 1 amide bonds. The molecule has 96 valence electrons. The largest absolute Gasteiger partial charge is 0.398 e. The molecule has 3 N–H and O–H groups in total. The monoisotopic (exact) mass is 270 g/mol. The average molecular weight is 270 g/mol. The van der Waals surface area contributed by atoms with Crippen molar-refractivity contribution in [2.75, 3.05) is 11.5 Å². The molecule has 2 rings (SSSR count). The third-order valence-corrected chi connectivity index (χ3v) is 3.90. The Bertz CT molecular complexity index is 625. The summed E-state index contributed by atoms with van der Waals surface area (Å²) < 4.78 is 35.3. The van der Waals surface area contributed by atoms with Crippen LogP contribution in [0, 0.1) is 5.82 Å². The van der Waals surface area contributed by atoms with Gasteiger partial charge in [-0.15, -0.1) is 0 Å². The Balaban J connectivity index is 2.14. The van der Waals surface area contributed by atoms with Crippen molar-refractivity contribution in [2.45, 2.75) is 6.04 Å². The van der Waals surface area contributed by atoms with Gasteiger partial charge in [-0.25, -0.2) is 12.8 Å². The highest BCUT2D eigenvalue weighted by molar-refractivity contribution is 7.94. The molecule has 0 spiro atoms. The van der Waals surface area contributed by atoms with Crippen molar-refractivity contribution in [2.24, 2.45) is 0 Å². The average Bonchev–Trinajstić information content (AvgIpc) is 2.61. The van der Waals surface area contributed by atoms with E-state index < -0.39 is 27.6 Å². The number of anilines is 1. The minimum Gasteiger partial charge on any atom is -0.398 e. The van der Waals surface area contributed by atoms with E-state index in [9.17, 15) is 17.6 Å². The molecule has 1 aliphatic heterocycles. The van der Waals surface area contributed by atoms with Crippen molar-refractivity contribution in [3.63, 3.8) is 0 Å². The van der Waals surface area contributed by atoms with Crippen molar-refractivity contribution in [3.8, 4) is 0 Å². The van der Waals surface area contributed by atoms with Gasteiger partial charge in [0.15, 0.2) is 9.84 Å². The second-order valence-corrected chi connectivity index (χ2v) is 5.90. The van der Waals surface area contributed by atoms with Gasteiger partial charge in [-0.05, 0) is 24.3 Å². The molecule has 1 unspecified atom stereocenters. The molecule has 7 heteroatoms. The molecule has 0 saturated carbocycles. The van der Waals surface area contributed by atoms with Gasteiger partial charge in [-0.1, -0.05) is 0 Å². The quantitative estimate of drug-likeness (QED) is 0.763. The Morgan fingerprint density at radius 3 is 2.78 bits per heavy atom. The lowest BCUT2D eigenvalue weighted by Crippen LogP contribution is -2.35. The van der Waals surface area contributed by atoms with Gasteiger partial charge in [0.2, 0.25) is 0 Å². The predicted octanol–water partition coefficient (Wildman–Crippen LogP) is 0.448. The fraction of sp³-hybridized carbons (Fsp3) is 0.182. The van der Waals surface area contributed by atoms with Gasteiger partial charge >= 0.3 is 0 Å². The first kappa shape index (κ1) is 12.6. The third kappa shape index (κ3) is 2.67. The van der Waals surface area contributed by atoms with Crippen LogP contribution >= 0.6 is 0 Å². The molecular weight excluding hydrogens is 259 g/mol. The van der Waals surface area contributed by atoms with Crippen LogP contribution in [0.3, 0.4) is 0 Å². The zero-order valence-corrected chi connectivity index (χ0v) is 10.1. The molecule has 5 nitrogen and oxygen atoms in total. The molecule has 1 aromatic rings. The Hall–Kier alpha value is -1.89. The highest BCUT2D eigenvalue weighted by atomic mass is 32.2. The number of benzene rings is 1. The summed E-state index contributed by atoms with van der Waals surface area (Å²) in [5.41, 5.74) is 5.69. The van der Waals surface area contributed by atoms with Crippen LogP contribution in [0.1, 0.15) is 10.4 Å². The van der Waals surface area contributed by atoms with Gasteiger partial charge in [-0.3, -0.25) is 4.79 Å². The zero-order chi connectivity index (χ0) is 13.3. The van der Waals surface area contributed by atoms with Crippen LogP contribution in [0.5, 0.6) is 0 Å². The summed E-state index contributed by atoms with van der Waals surface area (Å²) in [6, 6.07) is 2.83. The maximum atomic E-state index is 13.0. The van der Waals surface area contributed by atoms with Crippen LogP contribution in [-0.2, 0) is 9.84 Å². The number of carbonyl (C=O) groups excluding carboxylic acids is 1. The molecule has 1 atom stereocenters. The van der Waals surface area contributed by atoms with E-state index in [1.54, 1.807) is 0 Å². The van der Waals surface area contributed by atoms with E-state index in [4.69, 9.17) is 5.73 Å². The summed E-state index contributed by atoms with van der Waals surface area (Å²) in [5, 5.41) is 3.52. The van der Waals surface area contributed by atoms with Crippen LogP contribution in [0.15, 0.2) is 29.7 Å². The molecule has 1 aromatic carbocycles. The summed E-state index contributed by atoms with van der Waals surface area (Å²) in [7, 11) is -3.24. The topological polar surface area (TPSA) is 89.3 Å². The van der Waals surface area contributed by atoms with Crippen molar-refractivity contribution < 1.29 is 17.6 Å². The third-order valence-electron chi connectivity index (χ3n) is 2.51. The number of hydrogen-bond acceptors (Lipinski definition) is 4. The van der Waals surface area contributed by atoms with Gasteiger partial charge in [0.25, 0.3) is 5.91 Å². The molecule has 0 saturated heterocycles. The number of nitrogens with two attached hydrogens (primary N) is 1. The Kier molecular flexibility index (Phi) is 3.08. The minimum absolute atomic E-state index is 0.00676. The first-order valence-corrected chi connectivity index (χ1v) is 6.86. The van der Waals surface area contributed by atoms with Gasteiger partial charge < -0.3 is 11.1 Å². The van der Waals surface area contributed by atoms with Crippen molar-refractivity contribution in [3.05, 3.63) is 41.1 Å². The summed E-state index contributed by atoms with van der Waals surface area (Å²) in [4.78, 5) is 11.8. The van der Waals surface area contributed by atoms with Gasteiger partial charge in [0.1, 0.15) is 5.82 Å². The number of amides is 1. The van der Waals surface area contributed by atoms with Crippen molar-refractivity contribution >= 4 is 21.4 Å². The van der Waals surface area contributed by atoms with Crippen molar-refractivity contribution in [1.82, 2.24) is 5.32 Å². The Morgan fingerprint density at radius 2 is 2.17 bits per heavy atom. The van der Waals surface area contributed by atoms with E-state index in [1.807, 2.05) is 0 Å². The molecule has 0 bridgehead atoms. The standard InChI is InChI=1S/C11H11FN2O3S/c12-7-1-2-10(13)9(5-7)11(15)14-8-3-4-18(16,17)6-8/h1-5,8H,6,13H2,(H,14,15). The Labute approximate surface area is 103 Å². The van der Waals surface area contributed by atoms with Crippen LogP contribution in [-0.4, -0.2) is 26.1 Å². The number of sulfone groups is 1. The zero-order valence-electron chi connectivity index (χ0n) is 9.26. The molecular formula is C11H11FN2O3S. The molecule has 0 aliphatic carbocycles. The SMILES string of the molecule is Nc1ccc(F)cc1C(=O)NC1C=CS(=O)(=O)C1. The highest BCUT2D eigenvalue weighted by Gasteiger charge is 2.24. The number of nitrogens with one attached hydrogen (secondary N) is 1. The Morgan fingerprint density at radius 1 is 1.44 bits per heavy atom. The lowest BCUT2D eigenvalue weighted by Gasteiger charge is -2.11. The molecule has 1 aliphatic rings. The van der Waals surface area contributed by atoms with Gasteiger partial charge in [0.05, 0.1) is 17.4 Å². The maximum absolute atomic E-state index is 13.0. The van der Waals surface area contributed by atoms with Crippen molar-refractivity contribution in [1.29, 1.82) is 0 Å². The molecule has 18 heavy (non-hydrogen) atoms. The van der Waals surface area contributed by atoms with E-state index in [1.165, 1.54) is 12.1 Å². The van der Waals surface area contributed by atoms with Crippen LogP contribution in [0.25, 0.3) is 0 Å². The normalized spacial score (nSPS) is 20.8. The number of hydrogen-bond donors (Lipinski definition) is 2. The van der Waals surface area contributed by atoms with Crippen LogP contribution in [0.2, 0.25) is 0 Å².